The fourth-order valence-electron chi connectivity index (χ4n) is 3.17. The summed E-state index contributed by atoms with van der Waals surface area (Å²) in [5.41, 5.74) is 2.83. The van der Waals surface area contributed by atoms with Crippen LogP contribution in [0.3, 0.4) is 0 Å². The number of hydrogen-bond acceptors (Lipinski definition) is 4. The minimum Gasteiger partial charge on any atom is -0.487 e. The van der Waals surface area contributed by atoms with E-state index in [-0.39, 0.29) is 30.7 Å². The largest absolute Gasteiger partial charge is 0.487 e. The molecule has 0 aromatic carbocycles. The Morgan fingerprint density at radius 3 is 2.93 bits per heavy atom. The molecule has 2 unspecified atom stereocenters. The number of nitrogens with one attached hydrogen (secondary N) is 1. The van der Waals surface area contributed by atoms with Crippen LogP contribution in [0.2, 0.25) is 0 Å². The fraction of sp³-hybridized carbons (Fsp3) is 0.250. The van der Waals surface area contributed by atoms with Crippen molar-refractivity contribution in [2.45, 2.75) is 12.8 Å². The van der Waals surface area contributed by atoms with Gasteiger partial charge in [0.15, 0.2) is 0 Å². The molecule has 2 aliphatic carbocycles. The van der Waals surface area contributed by atoms with Crippen molar-refractivity contribution in [2.24, 2.45) is 11.8 Å². The molecule has 0 radical (unpaired) electrons. The van der Waals surface area contributed by atoms with E-state index in [4.69, 9.17) is 9.84 Å². The number of carboxylic acids is 1. The molecular weight excluding hydrogens is 349 g/mol. The van der Waals surface area contributed by atoms with Gasteiger partial charge in [-0.3, -0.25) is 14.9 Å². The van der Waals surface area contributed by atoms with Gasteiger partial charge in [0, 0.05) is 18.2 Å². The van der Waals surface area contributed by atoms with Crippen LogP contribution in [-0.2, 0) is 4.79 Å². The van der Waals surface area contributed by atoms with Crippen LogP contribution in [0.15, 0.2) is 65.8 Å². The third-order valence-corrected chi connectivity index (χ3v) is 4.81. The summed E-state index contributed by atoms with van der Waals surface area (Å²) in [6.07, 6.45) is 9.21. The van der Waals surface area contributed by atoms with E-state index in [1.54, 1.807) is 36.7 Å². The van der Waals surface area contributed by atoms with Crippen LogP contribution in [0, 0.1) is 11.8 Å². The number of carbonyl (C=O) groups is 1. The summed E-state index contributed by atoms with van der Waals surface area (Å²) in [5.74, 6) is -0.995. The van der Waals surface area contributed by atoms with Crippen LogP contribution < -0.4 is 4.74 Å². The Morgan fingerprint density at radius 1 is 1.37 bits per heavy atom. The molecule has 1 saturated carbocycles. The smallest absolute Gasteiger partial charge is 0.307 e. The molecule has 4 rings (SSSR count). The molecule has 27 heavy (non-hydrogen) atoms. The Morgan fingerprint density at radius 2 is 2.26 bits per heavy atom. The van der Waals surface area contributed by atoms with Gasteiger partial charge in [-0.15, -0.1) is 0 Å². The monoisotopic (exact) mass is 367 g/mol. The summed E-state index contributed by atoms with van der Waals surface area (Å²) in [7, 11) is 0. The van der Waals surface area contributed by atoms with Crippen molar-refractivity contribution in [2.75, 3.05) is 6.61 Å². The van der Waals surface area contributed by atoms with Crippen LogP contribution in [0.4, 0.5) is 4.39 Å². The van der Waals surface area contributed by atoms with Gasteiger partial charge in [0.25, 0.3) is 0 Å². The molecule has 2 atom stereocenters. The standard InChI is InChI=1S/C20H18FN3O3/c21-17-8-12(15-9-16(15)20(25)26)2-1-3-13(17)11-27-14-4-5-18(22-10-14)19-6-7-23-24-19/h1-7,10,15-16H,8-9,11H2,(H,23,24)(H,25,26). The highest BCUT2D eigenvalue weighted by molar-refractivity contribution is 5.74. The first-order valence-corrected chi connectivity index (χ1v) is 8.68. The van der Waals surface area contributed by atoms with Crippen molar-refractivity contribution in [3.8, 4) is 17.1 Å². The normalized spacial score (nSPS) is 21.6. The number of carboxylic acid groups (broad SMARTS) is 1. The highest BCUT2D eigenvalue weighted by Crippen LogP contribution is 2.47. The summed E-state index contributed by atoms with van der Waals surface area (Å²) in [6, 6.07) is 5.39. The van der Waals surface area contributed by atoms with Gasteiger partial charge in [-0.25, -0.2) is 4.39 Å². The number of aromatic amines is 1. The Labute approximate surface area is 155 Å². The molecule has 0 aliphatic heterocycles. The predicted octanol–water partition coefficient (Wildman–Crippen LogP) is 3.68. The van der Waals surface area contributed by atoms with Crippen molar-refractivity contribution >= 4 is 5.97 Å². The third kappa shape index (κ3) is 3.81. The number of aromatic nitrogens is 3. The summed E-state index contributed by atoms with van der Waals surface area (Å²) in [6.45, 7) is 0.0849. The van der Waals surface area contributed by atoms with Gasteiger partial charge in [0.05, 0.1) is 23.5 Å². The zero-order valence-corrected chi connectivity index (χ0v) is 14.4. The second kappa shape index (κ2) is 7.19. The number of rotatable bonds is 6. The van der Waals surface area contributed by atoms with E-state index < -0.39 is 5.97 Å². The van der Waals surface area contributed by atoms with Crippen molar-refractivity contribution in [1.82, 2.24) is 15.2 Å². The Bertz CT molecular complexity index is 930. The van der Waals surface area contributed by atoms with Gasteiger partial charge < -0.3 is 9.84 Å². The molecule has 0 bridgehead atoms. The lowest BCUT2D eigenvalue weighted by Crippen LogP contribution is -2.03. The van der Waals surface area contributed by atoms with E-state index >= 15 is 0 Å². The average Bonchev–Trinajstić information content (AvgIpc) is 3.33. The van der Waals surface area contributed by atoms with Crippen molar-refractivity contribution < 1.29 is 19.0 Å². The maximum Gasteiger partial charge on any atom is 0.307 e. The van der Waals surface area contributed by atoms with Gasteiger partial charge in [-0.2, -0.15) is 5.10 Å². The van der Waals surface area contributed by atoms with Gasteiger partial charge in [0.1, 0.15) is 18.2 Å². The highest BCUT2D eigenvalue weighted by atomic mass is 19.1. The summed E-state index contributed by atoms with van der Waals surface area (Å²) in [4.78, 5) is 15.3. The zero-order valence-electron chi connectivity index (χ0n) is 14.4. The molecule has 6 nitrogen and oxygen atoms in total. The van der Waals surface area contributed by atoms with Crippen LogP contribution in [0.1, 0.15) is 12.8 Å². The molecule has 7 heteroatoms. The highest BCUT2D eigenvalue weighted by Gasteiger charge is 2.45. The molecule has 2 aromatic rings. The molecule has 0 amide bonds. The molecule has 0 saturated heterocycles. The minimum absolute atomic E-state index is 0.0580. The number of allylic oxidation sites excluding steroid dienone is 4. The number of ether oxygens (including phenoxy) is 1. The quantitative estimate of drug-likeness (QED) is 0.813. The summed E-state index contributed by atoms with van der Waals surface area (Å²) >= 11 is 0. The second-order valence-electron chi connectivity index (χ2n) is 6.63. The van der Waals surface area contributed by atoms with E-state index in [1.165, 1.54) is 0 Å². The first-order valence-electron chi connectivity index (χ1n) is 8.68. The van der Waals surface area contributed by atoms with Gasteiger partial charge in [-0.05, 0) is 30.5 Å². The van der Waals surface area contributed by atoms with E-state index in [2.05, 4.69) is 15.2 Å². The van der Waals surface area contributed by atoms with E-state index in [9.17, 15) is 9.18 Å². The fourth-order valence-corrected chi connectivity index (χ4v) is 3.17. The molecule has 2 heterocycles. The maximum absolute atomic E-state index is 14.6. The van der Waals surface area contributed by atoms with Gasteiger partial charge >= 0.3 is 5.97 Å². The lowest BCUT2D eigenvalue weighted by Gasteiger charge is -2.09. The molecule has 2 aromatic heterocycles. The number of aliphatic carboxylic acids is 1. The van der Waals surface area contributed by atoms with Crippen LogP contribution in [0.25, 0.3) is 11.4 Å². The van der Waals surface area contributed by atoms with E-state index in [0.29, 0.717) is 17.7 Å². The second-order valence-corrected chi connectivity index (χ2v) is 6.63. The number of H-pyrrole nitrogens is 1. The van der Waals surface area contributed by atoms with Crippen molar-refractivity contribution in [3.05, 3.63) is 65.8 Å². The lowest BCUT2D eigenvalue weighted by molar-refractivity contribution is -0.138. The Hall–Kier alpha value is -3.22. The number of halogens is 1. The summed E-state index contributed by atoms with van der Waals surface area (Å²) < 4.78 is 20.2. The van der Waals surface area contributed by atoms with Crippen molar-refractivity contribution in [1.29, 1.82) is 0 Å². The number of pyridine rings is 1. The number of nitrogens with zero attached hydrogens (tertiary/aromatic N) is 2. The maximum atomic E-state index is 14.6. The molecule has 2 aliphatic rings. The summed E-state index contributed by atoms with van der Waals surface area (Å²) in [5, 5.41) is 15.8. The number of hydrogen-bond donors (Lipinski definition) is 2. The predicted molar refractivity (Wildman–Crippen MR) is 96.5 cm³/mol. The van der Waals surface area contributed by atoms with Crippen LogP contribution in [-0.4, -0.2) is 32.9 Å². The Kier molecular flexibility index (Phi) is 4.58. The van der Waals surface area contributed by atoms with E-state index in [0.717, 1.165) is 17.0 Å². The average molecular weight is 367 g/mol. The lowest BCUT2D eigenvalue weighted by atomic mass is 10.0. The van der Waals surface area contributed by atoms with Crippen LogP contribution >= 0.6 is 0 Å². The third-order valence-electron chi connectivity index (χ3n) is 4.81. The van der Waals surface area contributed by atoms with Gasteiger partial charge in [-0.1, -0.05) is 23.8 Å². The molecule has 1 fully saturated rings. The molecule has 2 N–H and O–H groups in total. The first kappa shape index (κ1) is 17.2. The topological polar surface area (TPSA) is 88.1 Å². The van der Waals surface area contributed by atoms with Crippen LogP contribution in [0.5, 0.6) is 5.75 Å². The minimum atomic E-state index is -0.812. The SMILES string of the molecule is O=C(O)C1CC1C1=CC=CC(COc2ccc(-c3ccn[nH]3)nc2)=C(F)C1. The molecule has 138 valence electrons. The Balaban J connectivity index is 1.38. The van der Waals surface area contributed by atoms with E-state index in [1.807, 2.05) is 12.1 Å². The molecular formula is C20H18FN3O3. The van der Waals surface area contributed by atoms with Gasteiger partial charge in [0.2, 0.25) is 0 Å². The first-order chi connectivity index (χ1) is 13.1. The van der Waals surface area contributed by atoms with Crippen molar-refractivity contribution in [3.63, 3.8) is 0 Å². The molecule has 0 spiro atoms. The zero-order chi connectivity index (χ0) is 18.8.